The zero-order valence-corrected chi connectivity index (χ0v) is 14.5. The first kappa shape index (κ1) is 16.5. The third kappa shape index (κ3) is 5.06. The highest BCUT2D eigenvalue weighted by Crippen LogP contribution is 2.18. The van der Waals surface area contributed by atoms with Crippen LogP contribution in [0.4, 0.5) is 0 Å². The van der Waals surface area contributed by atoms with Crippen LogP contribution >= 0.6 is 11.6 Å². The van der Waals surface area contributed by atoms with Gasteiger partial charge < -0.3 is 5.32 Å². The summed E-state index contributed by atoms with van der Waals surface area (Å²) in [5.74, 6) is 0.778. The Morgan fingerprint density at radius 3 is 2.52 bits per heavy atom. The minimum Gasteiger partial charge on any atom is -0.317 e. The maximum Gasteiger partial charge on any atom is 0.0534 e. The molecule has 23 heavy (non-hydrogen) atoms. The van der Waals surface area contributed by atoms with E-state index in [2.05, 4.69) is 33.6 Å². The molecule has 1 aromatic heterocycles. The summed E-state index contributed by atoms with van der Waals surface area (Å²) in [7, 11) is 1.97. The van der Waals surface area contributed by atoms with E-state index in [4.69, 9.17) is 11.6 Å². The molecule has 4 nitrogen and oxygen atoms in total. The van der Waals surface area contributed by atoms with Crippen LogP contribution < -0.4 is 5.32 Å². The molecular weight excluding hydrogens is 308 g/mol. The Balaban J connectivity index is 1.67. The summed E-state index contributed by atoms with van der Waals surface area (Å²) >= 11 is 6.00. The lowest BCUT2D eigenvalue weighted by Crippen LogP contribution is -2.35. The van der Waals surface area contributed by atoms with Gasteiger partial charge in [-0.25, -0.2) is 0 Å². The number of rotatable bonds is 6. The highest BCUT2D eigenvalue weighted by Gasteiger charge is 2.18. The van der Waals surface area contributed by atoms with E-state index in [9.17, 15) is 0 Å². The molecule has 0 bridgehead atoms. The Morgan fingerprint density at radius 1 is 1.17 bits per heavy atom. The number of halogens is 1. The summed E-state index contributed by atoms with van der Waals surface area (Å²) in [6, 6.07) is 8.20. The van der Waals surface area contributed by atoms with Gasteiger partial charge in [-0.05, 0) is 49.5 Å². The van der Waals surface area contributed by atoms with Gasteiger partial charge in [0.15, 0.2) is 0 Å². The van der Waals surface area contributed by atoms with Crippen LogP contribution in [-0.4, -0.2) is 34.3 Å². The van der Waals surface area contributed by atoms with E-state index in [1.165, 1.54) is 24.0 Å². The van der Waals surface area contributed by atoms with Crippen LogP contribution in [0.1, 0.15) is 24.0 Å². The lowest BCUT2D eigenvalue weighted by molar-refractivity contribution is 0.191. The number of hydrogen-bond donors (Lipinski definition) is 1. The maximum absolute atomic E-state index is 6.00. The van der Waals surface area contributed by atoms with Crippen molar-refractivity contribution in [3.8, 4) is 0 Å². The van der Waals surface area contributed by atoms with Gasteiger partial charge in [-0.3, -0.25) is 9.58 Å². The predicted octanol–water partition coefficient (Wildman–Crippen LogP) is 3.08. The molecule has 0 saturated carbocycles. The summed E-state index contributed by atoms with van der Waals surface area (Å²) in [4.78, 5) is 2.54. The van der Waals surface area contributed by atoms with Crippen LogP contribution in [0.15, 0.2) is 36.7 Å². The standard InChI is InChI=1S/C18H25ClN4/c1-22-11-17(10-21-22)14-23(13-16-6-8-20-9-7-16)12-15-2-4-18(19)5-3-15/h2-5,10-11,16,20H,6-9,12-14H2,1H3. The third-order valence-corrected chi connectivity index (χ3v) is 4.71. The average Bonchev–Trinajstić information content (AvgIpc) is 2.95. The van der Waals surface area contributed by atoms with Crippen LogP contribution in [0.5, 0.6) is 0 Å². The van der Waals surface area contributed by atoms with Crippen molar-refractivity contribution < 1.29 is 0 Å². The van der Waals surface area contributed by atoms with Gasteiger partial charge in [0.05, 0.1) is 6.20 Å². The maximum atomic E-state index is 6.00. The number of hydrogen-bond acceptors (Lipinski definition) is 3. The molecule has 1 aliphatic heterocycles. The van der Waals surface area contributed by atoms with Crippen molar-refractivity contribution in [2.75, 3.05) is 19.6 Å². The highest BCUT2D eigenvalue weighted by atomic mass is 35.5. The number of benzene rings is 1. The third-order valence-electron chi connectivity index (χ3n) is 4.46. The Labute approximate surface area is 143 Å². The fourth-order valence-corrected chi connectivity index (χ4v) is 3.40. The molecule has 0 spiro atoms. The fourth-order valence-electron chi connectivity index (χ4n) is 3.27. The second-order valence-corrected chi connectivity index (χ2v) is 6.95. The van der Waals surface area contributed by atoms with Crippen molar-refractivity contribution in [3.63, 3.8) is 0 Å². The minimum atomic E-state index is 0.778. The second kappa shape index (κ2) is 7.95. The second-order valence-electron chi connectivity index (χ2n) is 6.51. The summed E-state index contributed by atoms with van der Waals surface area (Å²) in [5, 5.41) is 8.55. The SMILES string of the molecule is Cn1cc(CN(Cc2ccc(Cl)cc2)CC2CCNCC2)cn1. The molecule has 3 rings (SSSR count). The normalized spacial score (nSPS) is 16.1. The highest BCUT2D eigenvalue weighted by molar-refractivity contribution is 6.30. The summed E-state index contributed by atoms with van der Waals surface area (Å²) < 4.78 is 1.88. The minimum absolute atomic E-state index is 0.778. The number of nitrogens with zero attached hydrogens (tertiary/aromatic N) is 3. The number of piperidine rings is 1. The Kier molecular flexibility index (Phi) is 5.70. The van der Waals surface area contributed by atoms with Gasteiger partial charge in [-0.2, -0.15) is 5.10 Å². The van der Waals surface area contributed by atoms with Gasteiger partial charge in [-0.1, -0.05) is 23.7 Å². The van der Waals surface area contributed by atoms with Gasteiger partial charge in [0.25, 0.3) is 0 Å². The molecule has 5 heteroatoms. The van der Waals surface area contributed by atoms with Gasteiger partial charge in [-0.15, -0.1) is 0 Å². The molecule has 1 aromatic carbocycles. The van der Waals surface area contributed by atoms with Gasteiger partial charge >= 0.3 is 0 Å². The van der Waals surface area contributed by atoms with E-state index in [1.54, 1.807) is 0 Å². The largest absolute Gasteiger partial charge is 0.317 e. The monoisotopic (exact) mass is 332 g/mol. The molecule has 0 atom stereocenters. The first-order valence-electron chi connectivity index (χ1n) is 8.34. The number of aryl methyl sites for hydroxylation is 1. The molecule has 0 aliphatic carbocycles. The molecule has 1 fully saturated rings. The van der Waals surface area contributed by atoms with Crippen LogP contribution in [0, 0.1) is 5.92 Å². The number of nitrogens with one attached hydrogen (secondary N) is 1. The van der Waals surface area contributed by atoms with Crippen molar-refractivity contribution >= 4 is 11.6 Å². The first-order chi connectivity index (χ1) is 11.2. The Morgan fingerprint density at radius 2 is 1.87 bits per heavy atom. The molecule has 0 unspecified atom stereocenters. The van der Waals surface area contributed by atoms with Crippen molar-refractivity contribution in [1.29, 1.82) is 0 Å². The quantitative estimate of drug-likeness (QED) is 0.882. The van der Waals surface area contributed by atoms with Crippen LogP contribution in [0.2, 0.25) is 5.02 Å². The van der Waals surface area contributed by atoms with Crippen molar-refractivity contribution in [1.82, 2.24) is 20.0 Å². The zero-order valence-electron chi connectivity index (χ0n) is 13.7. The summed E-state index contributed by atoms with van der Waals surface area (Å²) in [6.45, 7) is 5.33. The number of aromatic nitrogens is 2. The van der Waals surface area contributed by atoms with Crippen LogP contribution in [0.3, 0.4) is 0 Å². The molecule has 2 heterocycles. The van der Waals surface area contributed by atoms with Gasteiger partial charge in [0.2, 0.25) is 0 Å². The molecule has 1 N–H and O–H groups in total. The van der Waals surface area contributed by atoms with Gasteiger partial charge in [0, 0.05) is 43.5 Å². The average molecular weight is 333 g/mol. The van der Waals surface area contributed by atoms with E-state index in [0.29, 0.717) is 0 Å². The summed E-state index contributed by atoms with van der Waals surface area (Å²) in [5.41, 5.74) is 2.59. The zero-order chi connectivity index (χ0) is 16.1. The topological polar surface area (TPSA) is 33.1 Å². The van der Waals surface area contributed by atoms with E-state index < -0.39 is 0 Å². The predicted molar refractivity (Wildman–Crippen MR) is 94.4 cm³/mol. The van der Waals surface area contributed by atoms with Crippen molar-refractivity contribution in [2.24, 2.45) is 13.0 Å². The smallest absolute Gasteiger partial charge is 0.0534 e. The molecule has 1 aliphatic rings. The molecule has 0 radical (unpaired) electrons. The van der Waals surface area contributed by atoms with E-state index >= 15 is 0 Å². The Bertz CT molecular complexity index is 602. The Hall–Kier alpha value is -1.36. The molecule has 0 amide bonds. The van der Waals surface area contributed by atoms with Crippen LogP contribution in [0.25, 0.3) is 0 Å². The van der Waals surface area contributed by atoms with E-state index in [-0.39, 0.29) is 0 Å². The van der Waals surface area contributed by atoms with E-state index in [1.807, 2.05) is 30.1 Å². The van der Waals surface area contributed by atoms with Crippen LogP contribution in [-0.2, 0) is 20.1 Å². The lowest BCUT2D eigenvalue weighted by Gasteiger charge is -2.30. The molecule has 2 aromatic rings. The summed E-state index contributed by atoms with van der Waals surface area (Å²) in [6.07, 6.45) is 6.61. The van der Waals surface area contributed by atoms with Crippen molar-refractivity contribution in [3.05, 3.63) is 52.8 Å². The van der Waals surface area contributed by atoms with E-state index in [0.717, 1.165) is 43.7 Å². The van der Waals surface area contributed by atoms with Gasteiger partial charge in [0.1, 0.15) is 0 Å². The lowest BCUT2D eigenvalue weighted by atomic mass is 9.97. The molecule has 124 valence electrons. The molecular formula is C18H25ClN4. The van der Waals surface area contributed by atoms with Crippen molar-refractivity contribution in [2.45, 2.75) is 25.9 Å². The fraction of sp³-hybridized carbons (Fsp3) is 0.500. The molecule has 1 saturated heterocycles. The first-order valence-corrected chi connectivity index (χ1v) is 8.72.